The van der Waals surface area contributed by atoms with E-state index in [0.717, 1.165) is 35.3 Å². The number of pyridine rings is 1. The van der Waals surface area contributed by atoms with Crippen LogP contribution < -0.4 is 10.6 Å². The third-order valence-electron chi connectivity index (χ3n) is 5.03. The van der Waals surface area contributed by atoms with Gasteiger partial charge < -0.3 is 15.0 Å². The molecule has 1 aliphatic heterocycles. The van der Waals surface area contributed by atoms with Crippen LogP contribution in [0.3, 0.4) is 0 Å². The fraction of sp³-hybridized carbons (Fsp3) is 0.316. The molecule has 0 radical (unpaired) electrons. The van der Waals surface area contributed by atoms with Gasteiger partial charge in [0.05, 0.1) is 11.4 Å². The van der Waals surface area contributed by atoms with Crippen molar-refractivity contribution in [3.8, 4) is 11.1 Å². The third kappa shape index (κ3) is 2.89. The number of amides is 1. The number of anilines is 1. The lowest BCUT2D eigenvalue weighted by Crippen LogP contribution is -2.28. The Morgan fingerprint density at radius 1 is 1.32 bits per heavy atom. The fourth-order valence-corrected chi connectivity index (χ4v) is 3.48. The van der Waals surface area contributed by atoms with Crippen molar-refractivity contribution in [1.82, 2.24) is 19.7 Å². The first-order chi connectivity index (χ1) is 12.1. The van der Waals surface area contributed by atoms with Crippen LogP contribution in [-0.2, 0) is 4.79 Å². The Labute approximate surface area is 146 Å². The first kappa shape index (κ1) is 15.8. The summed E-state index contributed by atoms with van der Waals surface area (Å²) in [4.78, 5) is 20.9. The number of rotatable bonds is 3. The van der Waals surface area contributed by atoms with Crippen LogP contribution in [-0.4, -0.2) is 33.4 Å². The van der Waals surface area contributed by atoms with Crippen molar-refractivity contribution < 1.29 is 4.79 Å². The zero-order chi connectivity index (χ0) is 17.4. The lowest BCUT2D eigenvalue weighted by Gasteiger charge is -2.13. The Hall–Kier alpha value is -2.73. The van der Waals surface area contributed by atoms with Crippen LogP contribution >= 0.6 is 0 Å². The maximum atomic E-state index is 12.5. The molecule has 0 aromatic carbocycles. The van der Waals surface area contributed by atoms with Crippen molar-refractivity contribution in [1.29, 1.82) is 0 Å². The molecule has 128 valence electrons. The van der Waals surface area contributed by atoms with Crippen molar-refractivity contribution in [2.45, 2.75) is 13.8 Å². The predicted molar refractivity (Wildman–Crippen MR) is 97.3 cm³/mol. The van der Waals surface area contributed by atoms with Gasteiger partial charge in [0.15, 0.2) is 0 Å². The summed E-state index contributed by atoms with van der Waals surface area (Å²) in [6, 6.07) is 5.92. The summed E-state index contributed by atoms with van der Waals surface area (Å²) in [7, 11) is 0. The molecule has 0 bridgehead atoms. The van der Waals surface area contributed by atoms with E-state index in [4.69, 9.17) is 0 Å². The van der Waals surface area contributed by atoms with Crippen molar-refractivity contribution in [2.75, 3.05) is 18.4 Å². The van der Waals surface area contributed by atoms with Gasteiger partial charge in [0.1, 0.15) is 12.1 Å². The highest BCUT2D eigenvalue weighted by atomic mass is 16.2. The van der Waals surface area contributed by atoms with Crippen LogP contribution in [0.1, 0.15) is 12.5 Å². The molecule has 2 atom stereocenters. The van der Waals surface area contributed by atoms with Crippen LogP contribution in [0.25, 0.3) is 16.6 Å². The summed E-state index contributed by atoms with van der Waals surface area (Å²) >= 11 is 0. The van der Waals surface area contributed by atoms with Gasteiger partial charge in [-0.05, 0) is 42.6 Å². The van der Waals surface area contributed by atoms with E-state index in [1.807, 2.05) is 22.6 Å². The number of nitrogens with zero attached hydrogens (tertiary/aromatic N) is 3. The molecule has 1 saturated heterocycles. The van der Waals surface area contributed by atoms with Gasteiger partial charge in [-0.3, -0.25) is 9.78 Å². The van der Waals surface area contributed by atoms with E-state index >= 15 is 0 Å². The Balaban J connectivity index is 1.64. The minimum Gasteiger partial charge on any atom is -0.316 e. The number of fused-ring (bicyclic) bond motifs is 1. The largest absolute Gasteiger partial charge is 0.316 e. The molecule has 4 heterocycles. The molecule has 1 amide bonds. The molecule has 2 unspecified atom stereocenters. The summed E-state index contributed by atoms with van der Waals surface area (Å²) in [5.41, 5.74) is 4.45. The molecular formula is C19H21N5O. The highest BCUT2D eigenvalue weighted by Crippen LogP contribution is 2.28. The molecule has 0 saturated carbocycles. The van der Waals surface area contributed by atoms with E-state index in [-0.39, 0.29) is 11.8 Å². The highest BCUT2D eigenvalue weighted by Gasteiger charge is 2.29. The van der Waals surface area contributed by atoms with E-state index in [1.165, 1.54) is 0 Å². The van der Waals surface area contributed by atoms with E-state index in [9.17, 15) is 4.79 Å². The highest BCUT2D eigenvalue weighted by molar-refractivity contribution is 5.93. The zero-order valence-electron chi connectivity index (χ0n) is 14.4. The SMILES string of the molecule is Cc1c(-c2ccncc2)cn2cnc(NC(=O)C3CNCC3C)cc12. The molecule has 6 heteroatoms. The minimum absolute atomic E-state index is 0.00158. The van der Waals surface area contributed by atoms with Gasteiger partial charge in [0, 0.05) is 36.8 Å². The van der Waals surface area contributed by atoms with Crippen LogP contribution in [0, 0.1) is 18.8 Å². The second kappa shape index (κ2) is 6.29. The van der Waals surface area contributed by atoms with Crippen LogP contribution in [0.4, 0.5) is 5.82 Å². The average Bonchev–Trinajstić information content (AvgIpc) is 3.20. The van der Waals surface area contributed by atoms with Crippen molar-refractivity contribution >= 4 is 17.2 Å². The molecular weight excluding hydrogens is 314 g/mol. The molecule has 3 aromatic heterocycles. The fourth-order valence-electron chi connectivity index (χ4n) is 3.48. The maximum absolute atomic E-state index is 12.5. The first-order valence-corrected chi connectivity index (χ1v) is 8.53. The summed E-state index contributed by atoms with van der Waals surface area (Å²) in [6.45, 7) is 5.79. The summed E-state index contributed by atoms with van der Waals surface area (Å²) < 4.78 is 1.99. The zero-order valence-corrected chi connectivity index (χ0v) is 14.4. The number of hydrogen-bond donors (Lipinski definition) is 2. The topological polar surface area (TPSA) is 71.3 Å². The molecule has 25 heavy (non-hydrogen) atoms. The number of nitrogens with one attached hydrogen (secondary N) is 2. The Bertz CT molecular complexity index is 918. The summed E-state index contributed by atoms with van der Waals surface area (Å²) in [6.07, 6.45) is 7.39. The van der Waals surface area contributed by atoms with E-state index < -0.39 is 0 Å². The number of carbonyl (C=O) groups excluding carboxylic acids is 1. The van der Waals surface area contributed by atoms with Gasteiger partial charge in [-0.15, -0.1) is 0 Å². The van der Waals surface area contributed by atoms with Crippen LogP contribution in [0.5, 0.6) is 0 Å². The Morgan fingerprint density at radius 2 is 2.12 bits per heavy atom. The molecule has 3 aromatic rings. The summed E-state index contributed by atoms with van der Waals surface area (Å²) in [5, 5.41) is 6.23. The monoisotopic (exact) mass is 335 g/mol. The standard InChI is InChI=1S/C19H21N5O/c1-12-8-21-9-15(12)19(25)23-18-7-17-13(2)16(10-24(17)11-22-18)14-3-5-20-6-4-14/h3-7,10-12,15,21H,8-9H2,1-2H3,(H,23,25). The predicted octanol–water partition coefficient (Wildman–Crippen LogP) is 2.50. The van der Waals surface area contributed by atoms with Crippen molar-refractivity contribution in [2.24, 2.45) is 11.8 Å². The minimum atomic E-state index is -0.00158. The first-order valence-electron chi connectivity index (χ1n) is 8.53. The van der Waals surface area contributed by atoms with E-state index in [2.05, 4.69) is 40.6 Å². The lowest BCUT2D eigenvalue weighted by molar-refractivity contribution is -0.120. The van der Waals surface area contributed by atoms with Crippen LogP contribution in [0.15, 0.2) is 43.1 Å². The molecule has 4 rings (SSSR count). The number of hydrogen-bond acceptors (Lipinski definition) is 4. The average molecular weight is 335 g/mol. The second-order valence-corrected chi connectivity index (χ2v) is 6.70. The van der Waals surface area contributed by atoms with E-state index in [0.29, 0.717) is 11.7 Å². The maximum Gasteiger partial charge on any atom is 0.230 e. The molecule has 2 N–H and O–H groups in total. The number of aromatic nitrogens is 3. The second-order valence-electron chi connectivity index (χ2n) is 6.70. The number of carbonyl (C=O) groups is 1. The molecule has 1 aliphatic rings. The third-order valence-corrected chi connectivity index (χ3v) is 5.03. The molecule has 1 fully saturated rings. The lowest BCUT2D eigenvalue weighted by atomic mass is 9.97. The van der Waals surface area contributed by atoms with Gasteiger partial charge in [-0.25, -0.2) is 4.98 Å². The van der Waals surface area contributed by atoms with Gasteiger partial charge in [0.25, 0.3) is 0 Å². The Kier molecular flexibility index (Phi) is 3.97. The summed E-state index contributed by atoms with van der Waals surface area (Å²) in [5.74, 6) is 0.974. The van der Waals surface area contributed by atoms with Crippen molar-refractivity contribution in [3.05, 3.63) is 48.7 Å². The van der Waals surface area contributed by atoms with Gasteiger partial charge in [-0.2, -0.15) is 0 Å². The normalized spacial score (nSPS) is 20.1. The van der Waals surface area contributed by atoms with E-state index in [1.54, 1.807) is 18.7 Å². The molecule has 6 nitrogen and oxygen atoms in total. The van der Waals surface area contributed by atoms with Gasteiger partial charge in [0.2, 0.25) is 5.91 Å². The molecule has 0 spiro atoms. The number of aryl methyl sites for hydroxylation is 1. The Morgan fingerprint density at radius 3 is 2.84 bits per heavy atom. The van der Waals surface area contributed by atoms with Gasteiger partial charge in [-0.1, -0.05) is 6.92 Å². The quantitative estimate of drug-likeness (QED) is 0.771. The van der Waals surface area contributed by atoms with Crippen LogP contribution in [0.2, 0.25) is 0 Å². The molecule has 0 aliphatic carbocycles. The van der Waals surface area contributed by atoms with Gasteiger partial charge >= 0.3 is 0 Å². The smallest absolute Gasteiger partial charge is 0.230 e. The van der Waals surface area contributed by atoms with Crippen molar-refractivity contribution in [3.63, 3.8) is 0 Å².